The smallest absolute Gasteiger partial charge is 0.241 e. The highest BCUT2D eigenvalue weighted by atomic mass is 32.2. The summed E-state index contributed by atoms with van der Waals surface area (Å²) in [6.07, 6.45) is 2.74. The van der Waals surface area contributed by atoms with Gasteiger partial charge in [-0.1, -0.05) is 60.7 Å². The quantitative estimate of drug-likeness (QED) is 0.757. The molecule has 1 aliphatic rings. The van der Waals surface area contributed by atoms with E-state index >= 15 is 0 Å². The third kappa shape index (κ3) is 5.91. The van der Waals surface area contributed by atoms with Crippen LogP contribution in [0.3, 0.4) is 0 Å². The van der Waals surface area contributed by atoms with E-state index in [0.717, 1.165) is 24.0 Å². The van der Waals surface area contributed by atoms with E-state index in [1.807, 2.05) is 60.7 Å². The highest BCUT2D eigenvalue weighted by Crippen LogP contribution is 2.13. The number of aryl methyl sites for hydroxylation is 1. The number of carbonyl (C=O) groups is 1. The summed E-state index contributed by atoms with van der Waals surface area (Å²) < 4.78 is 28.0. The first-order valence-corrected chi connectivity index (χ1v) is 11.1. The zero-order valence-electron chi connectivity index (χ0n) is 15.4. The number of hydrogen-bond donors (Lipinski definition) is 1. The van der Waals surface area contributed by atoms with Gasteiger partial charge in [0.15, 0.2) is 0 Å². The third-order valence-corrected chi connectivity index (χ3v) is 6.21. The molecule has 6 heteroatoms. The van der Waals surface area contributed by atoms with Crippen LogP contribution in [0.5, 0.6) is 0 Å². The molecule has 1 amide bonds. The molecule has 0 saturated carbocycles. The lowest BCUT2D eigenvalue weighted by atomic mass is 10.1. The second kappa shape index (κ2) is 9.15. The summed E-state index contributed by atoms with van der Waals surface area (Å²) in [6, 6.07) is 18.3. The normalized spacial score (nSPS) is 15.6. The maximum absolute atomic E-state index is 12.9. The third-order valence-electron chi connectivity index (χ3n) is 4.82. The summed E-state index contributed by atoms with van der Waals surface area (Å²) in [6.45, 7) is 1.41. The standard InChI is InChI=1S/C21H26N2O3S/c24-21(23-14-7-8-15-23)20(17-19-11-5-2-6-12-19)22-27(25,26)16-13-18-9-3-1-4-10-18/h1-6,9-12,20,22H,7-8,13-17H2/t20-/m0/s1. The lowest BCUT2D eigenvalue weighted by molar-refractivity contribution is -0.131. The summed E-state index contributed by atoms with van der Waals surface area (Å²) in [7, 11) is -3.57. The van der Waals surface area contributed by atoms with E-state index in [4.69, 9.17) is 0 Å². The van der Waals surface area contributed by atoms with Crippen LogP contribution < -0.4 is 4.72 Å². The van der Waals surface area contributed by atoms with E-state index in [1.165, 1.54) is 0 Å². The molecule has 27 heavy (non-hydrogen) atoms. The van der Waals surface area contributed by atoms with E-state index in [-0.39, 0.29) is 11.7 Å². The zero-order valence-corrected chi connectivity index (χ0v) is 16.2. The summed E-state index contributed by atoms with van der Waals surface area (Å²) in [5.74, 6) is -0.157. The molecule has 2 aromatic carbocycles. The van der Waals surface area contributed by atoms with E-state index in [1.54, 1.807) is 4.90 Å². The molecule has 0 bridgehead atoms. The van der Waals surface area contributed by atoms with Crippen LogP contribution in [0.25, 0.3) is 0 Å². The number of likely N-dealkylation sites (tertiary alicyclic amines) is 1. The first kappa shape index (κ1) is 19.6. The average Bonchev–Trinajstić information content (AvgIpc) is 3.22. The minimum absolute atomic E-state index is 0.0322. The fourth-order valence-electron chi connectivity index (χ4n) is 3.36. The van der Waals surface area contributed by atoms with Gasteiger partial charge in [0.1, 0.15) is 6.04 Å². The molecule has 0 aliphatic carbocycles. The number of rotatable bonds is 8. The summed E-state index contributed by atoms with van der Waals surface area (Å²) >= 11 is 0. The number of sulfonamides is 1. The predicted octanol–water partition coefficient (Wildman–Crippen LogP) is 2.38. The topological polar surface area (TPSA) is 66.5 Å². The zero-order chi connectivity index (χ0) is 19.1. The van der Waals surface area contributed by atoms with Gasteiger partial charge in [-0.05, 0) is 36.8 Å². The van der Waals surface area contributed by atoms with Crippen molar-refractivity contribution in [3.63, 3.8) is 0 Å². The SMILES string of the molecule is O=C([C@H](Cc1ccccc1)NS(=O)(=O)CCc1ccccc1)N1CCCC1. The van der Waals surface area contributed by atoms with Crippen LogP contribution in [0.15, 0.2) is 60.7 Å². The Morgan fingerprint density at radius 2 is 1.48 bits per heavy atom. The van der Waals surface area contributed by atoms with Gasteiger partial charge in [-0.2, -0.15) is 0 Å². The largest absolute Gasteiger partial charge is 0.341 e. The maximum atomic E-state index is 12.9. The molecule has 1 aliphatic heterocycles. The van der Waals surface area contributed by atoms with E-state index < -0.39 is 16.1 Å². The highest BCUT2D eigenvalue weighted by Gasteiger charge is 2.30. The van der Waals surface area contributed by atoms with Crippen LogP contribution in [0.1, 0.15) is 24.0 Å². The van der Waals surface area contributed by atoms with Crippen molar-refractivity contribution in [1.29, 1.82) is 0 Å². The van der Waals surface area contributed by atoms with Crippen LogP contribution in [-0.2, 0) is 27.7 Å². The lowest BCUT2D eigenvalue weighted by Crippen LogP contribution is -2.49. The maximum Gasteiger partial charge on any atom is 0.241 e. The van der Waals surface area contributed by atoms with Crippen molar-refractivity contribution in [2.75, 3.05) is 18.8 Å². The fraction of sp³-hybridized carbons (Fsp3) is 0.381. The van der Waals surface area contributed by atoms with Crippen LogP contribution in [0.4, 0.5) is 0 Å². The minimum Gasteiger partial charge on any atom is -0.341 e. The number of nitrogens with one attached hydrogen (secondary N) is 1. The number of amides is 1. The van der Waals surface area contributed by atoms with Gasteiger partial charge in [0, 0.05) is 13.1 Å². The number of benzene rings is 2. The molecule has 5 nitrogen and oxygen atoms in total. The molecule has 2 aromatic rings. The molecule has 0 radical (unpaired) electrons. The Bertz CT molecular complexity index is 832. The van der Waals surface area contributed by atoms with Crippen molar-refractivity contribution in [2.24, 2.45) is 0 Å². The molecule has 1 N–H and O–H groups in total. The Hall–Kier alpha value is -2.18. The lowest BCUT2D eigenvalue weighted by Gasteiger charge is -2.24. The molecule has 1 fully saturated rings. The monoisotopic (exact) mass is 386 g/mol. The second-order valence-electron chi connectivity index (χ2n) is 6.95. The van der Waals surface area contributed by atoms with Gasteiger partial charge in [-0.3, -0.25) is 4.79 Å². The molecule has 0 unspecified atom stereocenters. The van der Waals surface area contributed by atoms with E-state index in [0.29, 0.717) is 25.9 Å². The molecular weight excluding hydrogens is 360 g/mol. The van der Waals surface area contributed by atoms with Crippen molar-refractivity contribution < 1.29 is 13.2 Å². The Morgan fingerprint density at radius 1 is 0.926 bits per heavy atom. The Labute approximate surface area is 161 Å². The molecular formula is C21H26N2O3S. The molecule has 3 rings (SSSR count). The van der Waals surface area contributed by atoms with Gasteiger partial charge >= 0.3 is 0 Å². The first-order chi connectivity index (χ1) is 13.0. The highest BCUT2D eigenvalue weighted by molar-refractivity contribution is 7.89. The van der Waals surface area contributed by atoms with E-state index in [9.17, 15) is 13.2 Å². The summed E-state index contributed by atoms with van der Waals surface area (Å²) in [5.41, 5.74) is 1.91. The average molecular weight is 387 g/mol. The second-order valence-corrected chi connectivity index (χ2v) is 8.82. The van der Waals surface area contributed by atoms with E-state index in [2.05, 4.69) is 4.72 Å². The summed E-state index contributed by atoms with van der Waals surface area (Å²) in [5, 5.41) is 0. The van der Waals surface area contributed by atoms with Crippen molar-refractivity contribution in [2.45, 2.75) is 31.7 Å². The minimum atomic E-state index is -3.57. The predicted molar refractivity (Wildman–Crippen MR) is 107 cm³/mol. The van der Waals surface area contributed by atoms with Gasteiger partial charge in [0.25, 0.3) is 0 Å². The van der Waals surface area contributed by atoms with Crippen molar-refractivity contribution in [3.8, 4) is 0 Å². The van der Waals surface area contributed by atoms with Crippen LogP contribution >= 0.6 is 0 Å². The molecule has 0 spiro atoms. The molecule has 144 valence electrons. The number of hydrogen-bond acceptors (Lipinski definition) is 3. The summed E-state index contributed by atoms with van der Waals surface area (Å²) in [4.78, 5) is 14.7. The van der Waals surface area contributed by atoms with Crippen LogP contribution in [-0.4, -0.2) is 44.1 Å². The molecule has 0 aromatic heterocycles. The number of carbonyl (C=O) groups excluding carboxylic acids is 1. The Balaban J connectivity index is 1.70. The number of nitrogens with zero attached hydrogens (tertiary/aromatic N) is 1. The van der Waals surface area contributed by atoms with Crippen molar-refractivity contribution in [3.05, 3.63) is 71.8 Å². The fourth-order valence-corrected chi connectivity index (χ4v) is 4.60. The first-order valence-electron chi connectivity index (χ1n) is 9.40. The van der Waals surface area contributed by atoms with Crippen LogP contribution in [0.2, 0.25) is 0 Å². The van der Waals surface area contributed by atoms with Gasteiger partial charge in [-0.15, -0.1) is 0 Å². The Morgan fingerprint density at radius 3 is 2.07 bits per heavy atom. The van der Waals surface area contributed by atoms with Crippen molar-refractivity contribution in [1.82, 2.24) is 9.62 Å². The van der Waals surface area contributed by atoms with Crippen LogP contribution in [0, 0.1) is 0 Å². The van der Waals surface area contributed by atoms with Gasteiger partial charge in [-0.25, -0.2) is 13.1 Å². The molecule has 1 atom stereocenters. The molecule has 1 heterocycles. The van der Waals surface area contributed by atoms with Gasteiger partial charge in [0.2, 0.25) is 15.9 Å². The van der Waals surface area contributed by atoms with Gasteiger partial charge < -0.3 is 4.90 Å². The van der Waals surface area contributed by atoms with Gasteiger partial charge in [0.05, 0.1) is 5.75 Å². The molecule has 1 saturated heterocycles. The Kier molecular flexibility index (Phi) is 6.63. The van der Waals surface area contributed by atoms with Crippen molar-refractivity contribution >= 4 is 15.9 Å².